The second-order valence-corrected chi connectivity index (χ2v) is 7.14. The predicted octanol–water partition coefficient (Wildman–Crippen LogP) is 3.00. The van der Waals surface area contributed by atoms with Crippen LogP contribution in [-0.2, 0) is 16.0 Å². The molecule has 1 saturated carbocycles. The van der Waals surface area contributed by atoms with E-state index in [0.717, 1.165) is 17.9 Å². The molecule has 0 bridgehead atoms. The first-order valence-electron chi connectivity index (χ1n) is 8.17. The molecular formula is C18H25NO5. The van der Waals surface area contributed by atoms with Gasteiger partial charge in [-0.05, 0) is 57.2 Å². The first kappa shape index (κ1) is 18.1. The lowest BCUT2D eigenvalue weighted by molar-refractivity contribution is -0.139. The van der Waals surface area contributed by atoms with Gasteiger partial charge in [-0.1, -0.05) is 12.1 Å². The first-order chi connectivity index (χ1) is 11.2. The van der Waals surface area contributed by atoms with E-state index in [-0.39, 0.29) is 6.42 Å². The van der Waals surface area contributed by atoms with Crippen LogP contribution < -0.4 is 10.1 Å². The Hall–Kier alpha value is -2.24. The first-order valence-corrected chi connectivity index (χ1v) is 8.17. The summed E-state index contributed by atoms with van der Waals surface area (Å²) in [5, 5.41) is 11.7. The van der Waals surface area contributed by atoms with Crippen molar-refractivity contribution in [3.05, 3.63) is 29.8 Å². The maximum absolute atomic E-state index is 11.8. The zero-order chi connectivity index (χ0) is 17.7. The molecule has 0 heterocycles. The highest BCUT2D eigenvalue weighted by atomic mass is 16.6. The molecule has 1 fully saturated rings. The van der Waals surface area contributed by atoms with E-state index in [0.29, 0.717) is 5.92 Å². The Bertz CT molecular complexity index is 572. The quantitative estimate of drug-likeness (QED) is 0.800. The Morgan fingerprint density at radius 2 is 1.88 bits per heavy atom. The summed E-state index contributed by atoms with van der Waals surface area (Å²) in [6, 6.07) is 6.23. The molecule has 2 rings (SSSR count). The molecule has 0 spiro atoms. The average Bonchev–Trinajstić information content (AvgIpc) is 3.28. The van der Waals surface area contributed by atoms with Crippen LogP contribution in [0.3, 0.4) is 0 Å². The molecule has 1 amide bonds. The van der Waals surface area contributed by atoms with Gasteiger partial charge in [0.15, 0.2) is 0 Å². The van der Waals surface area contributed by atoms with Gasteiger partial charge in [0.05, 0.1) is 6.61 Å². The number of carboxylic acids is 1. The van der Waals surface area contributed by atoms with E-state index in [4.69, 9.17) is 9.47 Å². The smallest absolute Gasteiger partial charge is 0.408 e. The SMILES string of the molecule is CC(C)(C)OC(=O)N[C@@H](Cc1ccc(OCC2CC2)cc1)C(=O)O. The third-order valence-corrected chi connectivity index (χ3v) is 3.53. The van der Waals surface area contributed by atoms with Gasteiger partial charge >= 0.3 is 12.1 Å². The van der Waals surface area contributed by atoms with Crippen LogP contribution in [0, 0.1) is 5.92 Å². The molecule has 1 aromatic carbocycles. The minimum Gasteiger partial charge on any atom is -0.493 e. The van der Waals surface area contributed by atoms with E-state index in [2.05, 4.69) is 5.32 Å². The van der Waals surface area contributed by atoms with E-state index >= 15 is 0 Å². The fraction of sp³-hybridized carbons (Fsp3) is 0.556. The van der Waals surface area contributed by atoms with Crippen LogP contribution >= 0.6 is 0 Å². The molecule has 1 aliphatic carbocycles. The summed E-state index contributed by atoms with van der Waals surface area (Å²) in [4.78, 5) is 23.1. The van der Waals surface area contributed by atoms with Crippen molar-refractivity contribution >= 4 is 12.1 Å². The van der Waals surface area contributed by atoms with E-state index in [1.807, 2.05) is 24.3 Å². The number of alkyl carbamates (subject to hydrolysis) is 1. The van der Waals surface area contributed by atoms with Crippen molar-refractivity contribution in [1.82, 2.24) is 5.32 Å². The predicted molar refractivity (Wildman–Crippen MR) is 89.2 cm³/mol. The molecule has 1 aliphatic rings. The molecule has 1 aromatic rings. The van der Waals surface area contributed by atoms with Gasteiger partial charge in [-0.3, -0.25) is 0 Å². The standard InChI is InChI=1S/C18H25NO5/c1-18(2,3)24-17(22)19-15(16(20)21)10-12-6-8-14(9-7-12)23-11-13-4-5-13/h6-9,13,15H,4-5,10-11H2,1-3H3,(H,19,22)(H,20,21)/t15-/m0/s1. The molecule has 132 valence electrons. The van der Waals surface area contributed by atoms with Gasteiger partial charge in [-0.15, -0.1) is 0 Å². The van der Waals surface area contributed by atoms with Crippen molar-refractivity contribution in [3.63, 3.8) is 0 Å². The van der Waals surface area contributed by atoms with E-state index in [9.17, 15) is 14.7 Å². The van der Waals surface area contributed by atoms with Crippen LogP contribution in [0.2, 0.25) is 0 Å². The number of nitrogens with one attached hydrogen (secondary N) is 1. The molecule has 6 nitrogen and oxygen atoms in total. The Labute approximate surface area is 142 Å². The number of hydrogen-bond acceptors (Lipinski definition) is 4. The third-order valence-electron chi connectivity index (χ3n) is 3.53. The van der Waals surface area contributed by atoms with Crippen LogP contribution in [0.25, 0.3) is 0 Å². The Morgan fingerprint density at radius 3 is 2.38 bits per heavy atom. The molecule has 0 radical (unpaired) electrons. The van der Waals surface area contributed by atoms with Gasteiger partial charge in [0.25, 0.3) is 0 Å². The summed E-state index contributed by atoms with van der Waals surface area (Å²) < 4.78 is 10.8. The lowest BCUT2D eigenvalue weighted by atomic mass is 10.1. The van der Waals surface area contributed by atoms with Gasteiger partial charge in [0.1, 0.15) is 17.4 Å². The molecule has 0 aromatic heterocycles. The summed E-state index contributed by atoms with van der Waals surface area (Å²) >= 11 is 0. The molecule has 0 aliphatic heterocycles. The van der Waals surface area contributed by atoms with Crippen LogP contribution in [0.1, 0.15) is 39.2 Å². The molecule has 2 N–H and O–H groups in total. The number of carbonyl (C=O) groups is 2. The van der Waals surface area contributed by atoms with Gasteiger partial charge in [-0.25, -0.2) is 9.59 Å². The number of hydrogen-bond donors (Lipinski definition) is 2. The average molecular weight is 335 g/mol. The van der Waals surface area contributed by atoms with Gasteiger partial charge < -0.3 is 19.9 Å². The monoisotopic (exact) mass is 335 g/mol. The number of rotatable bonds is 7. The maximum atomic E-state index is 11.8. The molecular weight excluding hydrogens is 310 g/mol. The highest BCUT2D eigenvalue weighted by molar-refractivity contribution is 5.80. The van der Waals surface area contributed by atoms with E-state index in [1.54, 1.807) is 20.8 Å². The zero-order valence-electron chi connectivity index (χ0n) is 14.4. The van der Waals surface area contributed by atoms with Gasteiger partial charge in [0.2, 0.25) is 0 Å². The van der Waals surface area contributed by atoms with Crippen molar-refractivity contribution in [2.24, 2.45) is 5.92 Å². The molecule has 24 heavy (non-hydrogen) atoms. The molecule has 1 atom stereocenters. The van der Waals surface area contributed by atoms with Crippen molar-refractivity contribution < 1.29 is 24.2 Å². The molecule has 6 heteroatoms. The number of ether oxygens (including phenoxy) is 2. The number of carbonyl (C=O) groups excluding carboxylic acids is 1. The molecule has 0 unspecified atom stereocenters. The Kier molecular flexibility index (Phi) is 5.70. The van der Waals surface area contributed by atoms with Crippen LogP contribution in [0.15, 0.2) is 24.3 Å². The Morgan fingerprint density at radius 1 is 1.25 bits per heavy atom. The topological polar surface area (TPSA) is 84.9 Å². The van der Waals surface area contributed by atoms with Crippen LogP contribution in [0.4, 0.5) is 4.79 Å². The van der Waals surface area contributed by atoms with Gasteiger partial charge in [0, 0.05) is 6.42 Å². The van der Waals surface area contributed by atoms with Crippen LogP contribution in [0.5, 0.6) is 5.75 Å². The minimum absolute atomic E-state index is 0.178. The lowest BCUT2D eigenvalue weighted by Gasteiger charge is -2.22. The fourth-order valence-corrected chi connectivity index (χ4v) is 2.11. The normalized spacial score (nSPS) is 15.5. The summed E-state index contributed by atoms with van der Waals surface area (Å²) in [6.07, 6.45) is 1.90. The number of benzene rings is 1. The van der Waals surface area contributed by atoms with Crippen LogP contribution in [-0.4, -0.2) is 35.4 Å². The van der Waals surface area contributed by atoms with E-state index < -0.39 is 23.7 Å². The Balaban J connectivity index is 1.89. The van der Waals surface area contributed by atoms with Crippen molar-refractivity contribution in [2.75, 3.05) is 6.61 Å². The summed E-state index contributed by atoms with van der Waals surface area (Å²) in [7, 11) is 0. The fourth-order valence-electron chi connectivity index (χ4n) is 2.11. The highest BCUT2D eigenvalue weighted by Gasteiger charge is 2.24. The minimum atomic E-state index is -1.10. The largest absolute Gasteiger partial charge is 0.493 e. The number of carboxylic acid groups (broad SMARTS) is 1. The summed E-state index contributed by atoms with van der Waals surface area (Å²) in [5.74, 6) is 0.353. The van der Waals surface area contributed by atoms with Gasteiger partial charge in [-0.2, -0.15) is 0 Å². The maximum Gasteiger partial charge on any atom is 0.408 e. The number of aliphatic carboxylic acids is 1. The third kappa shape index (κ3) is 6.48. The summed E-state index contributed by atoms with van der Waals surface area (Å²) in [6.45, 7) is 5.91. The number of amides is 1. The zero-order valence-corrected chi connectivity index (χ0v) is 14.4. The molecule has 0 saturated heterocycles. The van der Waals surface area contributed by atoms with Crippen molar-refractivity contribution in [3.8, 4) is 5.75 Å². The second kappa shape index (κ2) is 7.55. The van der Waals surface area contributed by atoms with Crippen molar-refractivity contribution in [1.29, 1.82) is 0 Å². The summed E-state index contributed by atoms with van der Waals surface area (Å²) in [5.41, 5.74) is 0.130. The lowest BCUT2D eigenvalue weighted by Crippen LogP contribution is -2.44. The van der Waals surface area contributed by atoms with E-state index in [1.165, 1.54) is 12.8 Å². The van der Waals surface area contributed by atoms with Crippen molar-refractivity contribution in [2.45, 2.75) is 51.7 Å². The second-order valence-electron chi connectivity index (χ2n) is 7.14. The highest BCUT2D eigenvalue weighted by Crippen LogP contribution is 2.29.